The lowest BCUT2D eigenvalue weighted by atomic mass is 10.2. The summed E-state index contributed by atoms with van der Waals surface area (Å²) < 4.78 is 5.39. The van der Waals surface area contributed by atoms with E-state index in [9.17, 15) is 14.7 Å². The maximum atomic E-state index is 12.0. The van der Waals surface area contributed by atoms with Crippen molar-refractivity contribution in [2.24, 2.45) is 0 Å². The van der Waals surface area contributed by atoms with Gasteiger partial charge in [0.2, 0.25) is 0 Å². The Labute approximate surface area is 124 Å². The van der Waals surface area contributed by atoms with Crippen LogP contribution in [0.3, 0.4) is 0 Å². The van der Waals surface area contributed by atoms with E-state index in [1.54, 1.807) is 30.5 Å². The van der Waals surface area contributed by atoms with E-state index in [0.29, 0.717) is 10.7 Å². The van der Waals surface area contributed by atoms with Gasteiger partial charge in [0.05, 0.1) is 23.7 Å². The summed E-state index contributed by atoms with van der Waals surface area (Å²) >= 11 is 6.05. The first-order valence-electron chi connectivity index (χ1n) is 5.64. The number of carboxylic acid groups (broad SMARTS) is 1. The molecular weight excluding hydrogens is 298 g/mol. The van der Waals surface area contributed by atoms with Crippen molar-refractivity contribution < 1.29 is 19.1 Å². The summed E-state index contributed by atoms with van der Waals surface area (Å²) in [5.41, 5.74) is 0.800. The van der Waals surface area contributed by atoms with Crippen LogP contribution in [0.25, 0.3) is 6.08 Å². The summed E-state index contributed by atoms with van der Waals surface area (Å²) in [6, 6.07) is 3.55. The molecule has 2 rings (SSSR count). The van der Waals surface area contributed by atoms with Crippen LogP contribution in [0.1, 0.15) is 12.7 Å². The third-order valence-corrected chi connectivity index (χ3v) is 3.81. The highest BCUT2D eigenvalue weighted by atomic mass is 32.2. The average Bonchev–Trinajstić information content (AvgIpc) is 2.93. The van der Waals surface area contributed by atoms with E-state index >= 15 is 0 Å². The minimum Gasteiger partial charge on any atom is -0.548 e. The van der Waals surface area contributed by atoms with Gasteiger partial charge in [0.15, 0.2) is 0 Å². The molecule has 0 radical (unpaired) electrons. The maximum Gasteiger partial charge on any atom is 0.266 e. The number of thioether (sulfide) groups is 1. The highest BCUT2D eigenvalue weighted by molar-refractivity contribution is 8.26. The third kappa shape index (κ3) is 3.37. The molecule has 0 aliphatic carbocycles. The Balaban J connectivity index is 2.17. The zero-order chi connectivity index (χ0) is 14.7. The second kappa shape index (κ2) is 6.06. The molecule has 0 bridgehead atoms. The molecule has 1 aliphatic heterocycles. The zero-order valence-corrected chi connectivity index (χ0v) is 12.1. The van der Waals surface area contributed by atoms with Crippen LogP contribution < -0.4 is 5.11 Å². The number of nitrogens with zero attached hydrogens (tertiary/aromatic N) is 1. The Hall–Kier alpha value is -1.86. The van der Waals surface area contributed by atoms with Gasteiger partial charge in [-0.25, -0.2) is 0 Å². The molecule has 0 spiro atoms. The van der Waals surface area contributed by atoms with E-state index in [1.807, 2.05) is 6.92 Å². The molecular formula is C13H10NO4S2-. The van der Waals surface area contributed by atoms with Crippen molar-refractivity contribution in [1.82, 2.24) is 4.90 Å². The van der Waals surface area contributed by atoms with Gasteiger partial charge in [-0.2, -0.15) is 0 Å². The molecule has 1 saturated heterocycles. The molecule has 0 aromatic carbocycles. The molecule has 20 heavy (non-hydrogen) atoms. The van der Waals surface area contributed by atoms with E-state index in [1.165, 1.54) is 0 Å². The fourth-order valence-electron chi connectivity index (χ4n) is 1.61. The van der Waals surface area contributed by atoms with Crippen LogP contribution >= 0.6 is 24.0 Å². The fourth-order valence-corrected chi connectivity index (χ4v) is 2.92. The van der Waals surface area contributed by atoms with Crippen LogP contribution in [0.15, 0.2) is 39.4 Å². The molecule has 0 atom stereocenters. The number of hydrogen-bond acceptors (Lipinski definition) is 6. The van der Waals surface area contributed by atoms with Crippen molar-refractivity contribution >= 4 is 46.3 Å². The molecule has 1 aliphatic rings. The summed E-state index contributed by atoms with van der Waals surface area (Å²) in [6.45, 7) is 1.29. The average molecular weight is 308 g/mol. The molecule has 2 heterocycles. The second-order valence-electron chi connectivity index (χ2n) is 4.04. The van der Waals surface area contributed by atoms with Crippen LogP contribution in [-0.2, 0) is 9.59 Å². The third-order valence-electron chi connectivity index (χ3n) is 2.43. The number of carboxylic acids is 1. The standard InChI is InChI=1S/C13H11NO4S2/c1-8(5-9-3-2-4-18-9)6-10-12(17)14(7-11(15)16)13(19)20-10/h2-6H,7H2,1H3,(H,15,16)/p-1/b8-5-,10-6+. The lowest BCUT2D eigenvalue weighted by Gasteiger charge is -2.14. The number of rotatable bonds is 4. The van der Waals surface area contributed by atoms with Crippen LogP contribution in [-0.4, -0.2) is 27.6 Å². The van der Waals surface area contributed by atoms with Crippen LogP contribution in [0.5, 0.6) is 0 Å². The summed E-state index contributed by atoms with van der Waals surface area (Å²) in [5.74, 6) is -1.09. The van der Waals surface area contributed by atoms with E-state index < -0.39 is 18.4 Å². The van der Waals surface area contributed by atoms with Crippen molar-refractivity contribution in [3.05, 3.63) is 40.7 Å². The number of amides is 1. The molecule has 1 aromatic heterocycles. The molecule has 0 saturated carbocycles. The topological polar surface area (TPSA) is 73.6 Å². The summed E-state index contributed by atoms with van der Waals surface area (Å²) in [6.07, 6.45) is 4.97. The molecule has 7 heteroatoms. The van der Waals surface area contributed by atoms with Gasteiger partial charge in [-0.1, -0.05) is 24.0 Å². The smallest absolute Gasteiger partial charge is 0.266 e. The van der Waals surface area contributed by atoms with Crippen LogP contribution in [0, 0.1) is 0 Å². The number of allylic oxidation sites excluding steroid dienone is 2. The normalized spacial score (nSPS) is 18.1. The van der Waals surface area contributed by atoms with Gasteiger partial charge in [-0.15, -0.1) is 0 Å². The molecule has 0 unspecified atom stereocenters. The van der Waals surface area contributed by atoms with E-state index in [0.717, 1.165) is 22.2 Å². The number of carbonyl (C=O) groups excluding carboxylic acids is 2. The van der Waals surface area contributed by atoms with Gasteiger partial charge in [-0.05, 0) is 36.8 Å². The summed E-state index contributed by atoms with van der Waals surface area (Å²) in [7, 11) is 0. The SMILES string of the molecule is CC(=C/c1ccco1)/C=C1/SC(=S)N(CC(=O)[O-])C1=O. The summed E-state index contributed by atoms with van der Waals surface area (Å²) in [5, 5.41) is 10.6. The Morgan fingerprint density at radius 3 is 2.95 bits per heavy atom. The predicted molar refractivity (Wildman–Crippen MR) is 77.4 cm³/mol. The van der Waals surface area contributed by atoms with Gasteiger partial charge >= 0.3 is 0 Å². The van der Waals surface area contributed by atoms with Crippen molar-refractivity contribution in [3.63, 3.8) is 0 Å². The summed E-state index contributed by atoms with van der Waals surface area (Å²) in [4.78, 5) is 24.0. The number of aliphatic carboxylic acids is 1. The Kier molecular flexibility index (Phi) is 4.41. The molecule has 1 aromatic rings. The lowest BCUT2D eigenvalue weighted by Crippen LogP contribution is -2.40. The highest BCUT2D eigenvalue weighted by Crippen LogP contribution is 2.31. The molecule has 1 amide bonds. The zero-order valence-electron chi connectivity index (χ0n) is 10.5. The number of carbonyl (C=O) groups is 2. The first kappa shape index (κ1) is 14.5. The number of furan rings is 1. The van der Waals surface area contributed by atoms with E-state index in [2.05, 4.69) is 0 Å². The molecule has 5 nitrogen and oxygen atoms in total. The Morgan fingerprint density at radius 1 is 1.60 bits per heavy atom. The molecule has 104 valence electrons. The molecule has 1 fully saturated rings. The van der Waals surface area contributed by atoms with Gasteiger partial charge in [0.25, 0.3) is 5.91 Å². The van der Waals surface area contributed by atoms with Gasteiger partial charge < -0.3 is 14.3 Å². The van der Waals surface area contributed by atoms with Gasteiger partial charge in [0, 0.05) is 0 Å². The predicted octanol–water partition coefficient (Wildman–Crippen LogP) is 1.18. The first-order valence-corrected chi connectivity index (χ1v) is 6.87. The van der Waals surface area contributed by atoms with E-state index in [4.69, 9.17) is 16.6 Å². The number of hydrogen-bond donors (Lipinski definition) is 0. The van der Waals surface area contributed by atoms with Crippen LogP contribution in [0.2, 0.25) is 0 Å². The van der Waals surface area contributed by atoms with Crippen molar-refractivity contribution in [3.8, 4) is 0 Å². The maximum absolute atomic E-state index is 12.0. The minimum atomic E-state index is -1.34. The number of thiocarbonyl (C=S) groups is 1. The van der Waals surface area contributed by atoms with Crippen molar-refractivity contribution in [2.75, 3.05) is 6.54 Å². The fraction of sp³-hybridized carbons (Fsp3) is 0.154. The monoisotopic (exact) mass is 308 g/mol. The quantitative estimate of drug-likeness (QED) is 0.614. The Morgan fingerprint density at radius 2 is 2.35 bits per heavy atom. The van der Waals surface area contributed by atoms with Crippen molar-refractivity contribution in [2.45, 2.75) is 6.92 Å². The van der Waals surface area contributed by atoms with Crippen molar-refractivity contribution in [1.29, 1.82) is 0 Å². The second-order valence-corrected chi connectivity index (χ2v) is 5.72. The Bertz CT molecular complexity index is 616. The lowest BCUT2D eigenvalue weighted by molar-refractivity contribution is -0.305. The highest BCUT2D eigenvalue weighted by Gasteiger charge is 2.31. The van der Waals surface area contributed by atoms with E-state index in [-0.39, 0.29) is 4.32 Å². The van der Waals surface area contributed by atoms with Gasteiger partial charge in [0.1, 0.15) is 10.1 Å². The van der Waals surface area contributed by atoms with Crippen LogP contribution in [0.4, 0.5) is 0 Å². The van der Waals surface area contributed by atoms with Gasteiger partial charge in [-0.3, -0.25) is 9.69 Å². The minimum absolute atomic E-state index is 0.219. The molecule has 0 N–H and O–H groups in total. The first-order chi connectivity index (χ1) is 9.47. The largest absolute Gasteiger partial charge is 0.548 e.